The van der Waals surface area contributed by atoms with Crippen LogP contribution < -0.4 is 5.32 Å². The third-order valence-corrected chi connectivity index (χ3v) is 5.28. The summed E-state index contributed by atoms with van der Waals surface area (Å²) in [5.41, 5.74) is 3.15. The number of nitrogens with zero attached hydrogens (tertiary/aromatic N) is 2. The van der Waals surface area contributed by atoms with Crippen molar-refractivity contribution < 1.29 is 9.59 Å². The molecule has 1 aliphatic heterocycles. The largest absolute Gasteiger partial charge is 0.339 e. The molecule has 0 atom stereocenters. The summed E-state index contributed by atoms with van der Waals surface area (Å²) < 4.78 is 0. The molecule has 5 nitrogen and oxygen atoms in total. The maximum absolute atomic E-state index is 12.7. The maximum Gasteiger partial charge on any atom is 0.274 e. The fraction of sp³-hybridized carbons (Fsp3) is 0.381. The van der Waals surface area contributed by atoms with Crippen LogP contribution in [0.15, 0.2) is 30.5 Å². The van der Waals surface area contributed by atoms with Gasteiger partial charge in [-0.2, -0.15) is 0 Å². The van der Waals surface area contributed by atoms with E-state index in [1.165, 1.54) is 6.20 Å². The zero-order valence-corrected chi connectivity index (χ0v) is 16.6. The fourth-order valence-corrected chi connectivity index (χ4v) is 3.70. The van der Waals surface area contributed by atoms with Gasteiger partial charge in [0.1, 0.15) is 5.69 Å². The van der Waals surface area contributed by atoms with Gasteiger partial charge in [0.2, 0.25) is 0 Å². The number of hydrogen-bond acceptors (Lipinski definition) is 3. The van der Waals surface area contributed by atoms with Crippen LogP contribution in [0.3, 0.4) is 0 Å². The van der Waals surface area contributed by atoms with Crippen molar-refractivity contribution >= 4 is 29.1 Å². The highest BCUT2D eigenvalue weighted by Crippen LogP contribution is 2.27. The van der Waals surface area contributed by atoms with E-state index in [-0.39, 0.29) is 17.5 Å². The third kappa shape index (κ3) is 4.48. The summed E-state index contributed by atoms with van der Waals surface area (Å²) >= 11 is 6.27. The molecule has 2 heterocycles. The molecular weight excluding hydrogens is 362 g/mol. The van der Waals surface area contributed by atoms with Crippen molar-refractivity contribution in [1.82, 2.24) is 9.88 Å². The van der Waals surface area contributed by atoms with Gasteiger partial charge in [0.25, 0.3) is 11.8 Å². The molecule has 27 heavy (non-hydrogen) atoms. The molecule has 2 aromatic rings. The lowest BCUT2D eigenvalue weighted by atomic mass is 9.98. The van der Waals surface area contributed by atoms with E-state index in [0.29, 0.717) is 22.2 Å². The molecular formula is C21H24ClN3O2. The Morgan fingerprint density at radius 1 is 1.19 bits per heavy atom. The first-order valence-electron chi connectivity index (χ1n) is 9.18. The number of carbonyl (C=O) groups is 2. The first-order valence-corrected chi connectivity index (χ1v) is 9.56. The van der Waals surface area contributed by atoms with Crippen LogP contribution in [0.4, 0.5) is 5.69 Å². The Kier molecular flexibility index (Phi) is 5.80. The van der Waals surface area contributed by atoms with Gasteiger partial charge in [0, 0.05) is 24.8 Å². The van der Waals surface area contributed by atoms with Gasteiger partial charge in [-0.3, -0.25) is 14.6 Å². The van der Waals surface area contributed by atoms with Crippen molar-refractivity contribution in [2.45, 2.75) is 33.6 Å². The number of piperidine rings is 1. The number of rotatable bonds is 3. The molecule has 1 aliphatic rings. The van der Waals surface area contributed by atoms with Gasteiger partial charge in [-0.1, -0.05) is 24.6 Å². The second-order valence-corrected chi connectivity index (χ2v) is 7.70. The standard InChI is InChI=1S/C21H24ClN3O2/c1-13-5-8-25(9-6-13)21(27)16-4-7-23-18(12-16)20(26)24-19-15(3)10-14(2)11-17(19)22/h4,7,10-13H,5-6,8-9H2,1-3H3,(H,24,26). The Bertz CT molecular complexity index is 850. The second-order valence-electron chi connectivity index (χ2n) is 7.30. The SMILES string of the molecule is Cc1cc(C)c(NC(=O)c2cc(C(=O)N3CCC(C)CC3)ccn2)c(Cl)c1. The second kappa shape index (κ2) is 8.09. The van der Waals surface area contributed by atoms with Crippen molar-refractivity contribution in [3.05, 3.63) is 57.9 Å². The Balaban J connectivity index is 1.77. The fourth-order valence-electron chi connectivity index (χ4n) is 3.33. The van der Waals surface area contributed by atoms with E-state index < -0.39 is 0 Å². The Morgan fingerprint density at radius 2 is 1.89 bits per heavy atom. The highest BCUT2D eigenvalue weighted by atomic mass is 35.5. The van der Waals surface area contributed by atoms with E-state index in [4.69, 9.17) is 11.6 Å². The van der Waals surface area contributed by atoms with E-state index in [1.807, 2.05) is 24.8 Å². The zero-order chi connectivity index (χ0) is 19.6. The Hall–Kier alpha value is -2.40. The summed E-state index contributed by atoms with van der Waals surface area (Å²) in [6, 6.07) is 6.95. The number of carbonyl (C=O) groups excluding carboxylic acids is 2. The number of anilines is 1. The van der Waals surface area contributed by atoms with Crippen LogP contribution in [0, 0.1) is 19.8 Å². The van der Waals surface area contributed by atoms with Crippen LogP contribution in [-0.2, 0) is 0 Å². The number of hydrogen-bond donors (Lipinski definition) is 1. The predicted molar refractivity (Wildman–Crippen MR) is 107 cm³/mol. The average molecular weight is 386 g/mol. The zero-order valence-electron chi connectivity index (χ0n) is 15.9. The molecule has 0 bridgehead atoms. The lowest BCUT2D eigenvalue weighted by Gasteiger charge is -2.30. The van der Waals surface area contributed by atoms with Gasteiger partial charge in [-0.15, -0.1) is 0 Å². The van der Waals surface area contributed by atoms with E-state index in [9.17, 15) is 9.59 Å². The Labute approximate surface area is 164 Å². The summed E-state index contributed by atoms with van der Waals surface area (Å²) in [5.74, 6) is 0.212. The summed E-state index contributed by atoms with van der Waals surface area (Å²) in [4.78, 5) is 31.3. The molecule has 0 saturated carbocycles. The molecule has 1 aromatic heterocycles. The molecule has 142 valence electrons. The highest BCUT2D eigenvalue weighted by molar-refractivity contribution is 6.34. The van der Waals surface area contributed by atoms with Crippen LogP contribution in [0.25, 0.3) is 0 Å². The minimum absolute atomic E-state index is 0.0529. The molecule has 1 saturated heterocycles. The number of amides is 2. The molecule has 0 unspecified atom stereocenters. The van der Waals surface area contributed by atoms with Crippen LogP contribution in [-0.4, -0.2) is 34.8 Å². The summed E-state index contributed by atoms with van der Waals surface area (Å²) in [6.45, 7) is 7.54. The van der Waals surface area contributed by atoms with Crippen LogP contribution in [0.5, 0.6) is 0 Å². The molecule has 1 N–H and O–H groups in total. The predicted octanol–water partition coefficient (Wildman–Crippen LogP) is 4.48. The normalized spacial score (nSPS) is 14.9. The van der Waals surface area contributed by atoms with Crippen LogP contribution >= 0.6 is 11.6 Å². The summed E-state index contributed by atoms with van der Waals surface area (Å²) in [7, 11) is 0. The lowest BCUT2D eigenvalue weighted by Crippen LogP contribution is -2.38. The van der Waals surface area contributed by atoms with Crippen molar-refractivity contribution in [3.8, 4) is 0 Å². The number of nitrogens with one attached hydrogen (secondary N) is 1. The van der Waals surface area contributed by atoms with Crippen molar-refractivity contribution in [1.29, 1.82) is 0 Å². The number of pyridine rings is 1. The van der Waals surface area contributed by atoms with E-state index >= 15 is 0 Å². The average Bonchev–Trinajstić information content (AvgIpc) is 2.64. The molecule has 6 heteroatoms. The quantitative estimate of drug-likeness (QED) is 0.847. The lowest BCUT2D eigenvalue weighted by molar-refractivity contribution is 0.0697. The van der Waals surface area contributed by atoms with Crippen molar-refractivity contribution in [2.75, 3.05) is 18.4 Å². The Morgan fingerprint density at radius 3 is 2.56 bits per heavy atom. The topological polar surface area (TPSA) is 62.3 Å². The minimum Gasteiger partial charge on any atom is -0.339 e. The molecule has 1 fully saturated rings. The molecule has 1 aromatic carbocycles. The monoisotopic (exact) mass is 385 g/mol. The van der Waals surface area contributed by atoms with Crippen LogP contribution in [0.1, 0.15) is 51.7 Å². The van der Waals surface area contributed by atoms with Crippen molar-refractivity contribution in [3.63, 3.8) is 0 Å². The van der Waals surface area contributed by atoms with Gasteiger partial charge >= 0.3 is 0 Å². The molecule has 0 spiro atoms. The van der Waals surface area contributed by atoms with E-state index in [2.05, 4.69) is 17.2 Å². The van der Waals surface area contributed by atoms with Crippen LogP contribution in [0.2, 0.25) is 5.02 Å². The smallest absolute Gasteiger partial charge is 0.274 e. The van der Waals surface area contributed by atoms with Gasteiger partial charge in [0.05, 0.1) is 10.7 Å². The molecule has 3 rings (SSSR count). The summed E-state index contributed by atoms with van der Waals surface area (Å²) in [5, 5.41) is 3.30. The highest BCUT2D eigenvalue weighted by Gasteiger charge is 2.22. The number of likely N-dealkylation sites (tertiary alicyclic amines) is 1. The van der Waals surface area contributed by atoms with Gasteiger partial charge in [-0.05, 0) is 61.9 Å². The molecule has 0 radical (unpaired) electrons. The molecule has 0 aliphatic carbocycles. The number of aromatic nitrogens is 1. The first-order chi connectivity index (χ1) is 12.8. The molecule has 2 amide bonds. The third-order valence-electron chi connectivity index (χ3n) is 4.98. The number of benzene rings is 1. The van der Waals surface area contributed by atoms with Gasteiger partial charge < -0.3 is 10.2 Å². The minimum atomic E-state index is -0.384. The first kappa shape index (κ1) is 19.4. The van der Waals surface area contributed by atoms with E-state index in [0.717, 1.165) is 37.1 Å². The summed E-state index contributed by atoms with van der Waals surface area (Å²) in [6.07, 6.45) is 3.52. The van der Waals surface area contributed by atoms with Gasteiger partial charge in [0.15, 0.2) is 0 Å². The number of aryl methyl sites for hydroxylation is 2. The number of halogens is 1. The van der Waals surface area contributed by atoms with Crippen molar-refractivity contribution in [2.24, 2.45) is 5.92 Å². The van der Waals surface area contributed by atoms with Gasteiger partial charge in [-0.25, -0.2) is 0 Å². The van der Waals surface area contributed by atoms with E-state index in [1.54, 1.807) is 18.2 Å². The maximum atomic E-state index is 12.7.